The maximum Gasteiger partial charge on any atom is 0.0108 e. The zero-order chi connectivity index (χ0) is 23.9. The van der Waals surface area contributed by atoms with Gasteiger partial charge in [0.1, 0.15) is 0 Å². The quantitative estimate of drug-likeness (QED) is 0.228. The number of nitrogens with two attached hydrogens (primary N) is 1. The number of hydrogen-bond acceptors (Lipinski definition) is 4. The summed E-state index contributed by atoms with van der Waals surface area (Å²) in [5, 5.41) is 7.88. The van der Waals surface area contributed by atoms with Crippen LogP contribution in [0, 0.1) is 0 Å². The number of rotatable bonds is 10. The fraction of sp³-hybridized carbons (Fsp3) is 1.00. The van der Waals surface area contributed by atoms with Crippen LogP contribution in [-0.4, -0.2) is 56.3 Å². The van der Waals surface area contributed by atoms with Crippen LogP contribution in [0.25, 0.3) is 0 Å². The first-order valence-electron chi connectivity index (χ1n) is 15.8. The van der Waals surface area contributed by atoms with Crippen molar-refractivity contribution >= 4 is 49.6 Å². The normalized spacial score (nSPS) is 20.1. The van der Waals surface area contributed by atoms with Crippen molar-refractivity contribution in [3.05, 3.63) is 0 Å². The summed E-state index contributed by atoms with van der Waals surface area (Å²) < 4.78 is 0. The Hall–Kier alpha value is 1.000. The first-order chi connectivity index (χ1) is 16.9. The summed E-state index contributed by atoms with van der Waals surface area (Å²) >= 11 is 0. The first kappa shape index (κ1) is 43.5. The highest BCUT2D eigenvalue weighted by Gasteiger charge is 2.12. The number of nitrogens with one attached hydrogen (secondary N) is 2. The molecule has 0 aromatic carbocycles. The summed E-state index contributed by atoms with van der Waals surface area (Å²) in [6, 6.07) is 1.46. The number of halogens is 4. The van der Waals surface area contributed by atoms with Gasteiger partial charge in [0.2, 0.25) is 0 Å². The van der Waals surface area contributed by atoms with Crippen LogP contribution < -0.4 is 16.4 Å². The van der Waals surface area contributed by atoms with E-state index in [2.05, 4.69) is 15.5 Å². The summed E-state index contributed by atoms with van der Waals surface area (Å²) in [7, 11) is 0. The molecule has 0 heterocycles. The van der Waals surface area contributed by atoms with Crippen molar-refractivity contribution in [2.24, 2.45) is 5.73 Å². The fourth-order valence-corrected chi connectivity index (χ4v) is 6.11. The van der Waals surface area contributed by atoms with E-state index in [4.69, 9.17) is 5.73 Å². The lowest BCUT2D eigenvalue weighted by Gasteiger charge is -2.26. The SMILES string of the molecule is Cl.Cl.Cl.Cl.NCCN(CCNC1CCCCCCCCCCC1)CCNC1CCCCCCCCCCC1. The van der Waals surface area contributed by atoms with Crippen LogP contribution in [0.4, 0.5) is 0 Å². The van der Waals surface area contributed by atoms with E-state index in [-0.39, 0.29) is 49.6 Å². The molecule has 4 nitrogen and oxygen atoms in total. The number of nitrogens with zero attached hydrogens (tertiary/aromatic N) is 1. The molecule has 4 N–H and O–H groups in total. The van der Waals surface area contributed by atoms with Crippen molar-refractivity contribution in [2.75, 3.05) is 39.3 Å². The minimum absolute atomic E-state index is 0. The van der Waals surface area contributed by atoms with Crippen molar-refractivity contribution in [3.63, 3.8) is 0 Å². The van der Waals surface area contributed by atoms with Crippen molar-refractivity contribution < 1.29 is 0 Å². The Morgan fingerprint density at radius 1 is 0.421 bits per heavy atom. The van der Waals surface area contributed by atoms with Crippen LogP contribution in [0.3, 0.4) is 0 Å². The fourth-order valence-electron chi connectivity index (χ4n) is 6.11. The molecule has 2 rings (SSSR count). The lowest BCUT2D eigenvalue weighted by atomic mass is 9.98. The third-order valence-electron chi connectivity index (χ3n) is 8.38. The van der Waals surface area contributed by atoms with Gasteiger partial charge >= 0.3 is 0 Å². The Morgan fingerprint density at radius 2 is 0.684 bits per heavy atom. The van der Waals surface area contributed by atoms with Gasteiger partial charge in [0.25, 0.3) is 0 Å². The Balaban J connectivity index is -0.00000306. The van der Waals surface area contributed by atoms with E-state index in [1.165, 1.54) is 141 Å². The molecule has 0 bridgehead atoms. The smallest absolute Gasteiger partial charge is 0.0108 e. The third kappa shape index (κ3) is 24.8. The van der Waals surface area contributed by atoms with Crippen LogP contribution in [-0.2, 0) is 0 Å². The van der Waals surface area contributed by atoms with Gasteiger partial charge in [0, 0.05) is 51.4 Å². The van der Waals surface area contributed by atoms with Gasteiger partial charge in [-0.25, -0.2) is 0 Å². The van der Waals surface area contributed by atoms with Crippen LogP contribution in [0.2, 0.25) is 0 Å². The molecular weight excluding hydrogens is 558 g/mol. The monoisotopic (exact) mass is 622 g/mol. The second-order valence-corrected chi connectivity index (χ2v) is 11.5. The molecule has 0 unspecified atom stereocenters. The Kier molecular flexibility index (Phi) is 37.2. The molecular formula is C30H66Cl4N4. The van der Waals surface area contributed by atoms with E-state index in [0.717, 1.165) is 51.4 Å². The number of hydrogen-bond donors (Lipinski definition) is 3. The zero-order valence-electron chi connectivity index (χ0n) is 24.6. The summed E-state index contributed by atoms with van der Waals surface area (Å²) in [6.45, 7) is 6.31. The summed E-state index contributed by atoms with van der Waals surface area (Å²) in [6.07, 6.45) is 31.5. The molecule has 2 fully saturated rings. The maximum absolute atomic E-state index is 5.97. The van der Waals surface area contributed by atoms with E-state index < -0.39 is 0 Å². The molecule has 0 saturated heterocycles. The van der Waals surface area contributed by atoms with Crippen LogP contribution in [0.15, 0.2) is 0 Å². The van der Waals surface area contributed by atoms with Crippen molar-refractivity contribution in [3.8, 4) is 0 Å². The molecule has 0 aliphatic heterocycles. The Morgan fingerprint density at radius 3 is 0.947 bits per heavy atom. The van der Waals surface area contributed by atoms with E-state index in [1.807, 2.05) is 0 Å². The molecule has 234 valence electrons. The second-order valence-electron chi connectivity index (χ2n) is 11.5. The van der Waals surface area contributed by atoms with E-state index >= 15 is 0 Å². The average molecular weight is 625 g/mol. The van der Waals surface area contributed by atoms with Gasteiger partial charge in [-0.1, -0.05) is 116 Å². The van der Waals surface area contributed by atoms with E-state index in [0.29, 0.717) is 0 Å². The Labute approximate surface area is 262 Å². The lowest BCUT2D eigenvalue weighted by molar-refractivity contribution is 0.262. The molecule has 0 aromatic rings. The van der Waals surface area contributed by atoms with Crippen molar-refractivity contribution in [1.82, 2.24) is 15.5 Å². The second kappa shape index (κ2) is 32.5. The van der Waals surface area contributed by atoms with Gasteiger partial charge in [0.15, 0.2) is 0 Å². The maximum atomic E-state index is 5.97. The topological polar surface area (TPSA) is 53.3 Å². The largest absolute Gasteiger partial charge is 0.329 e. The minimum Gasteiger partial charge on any atom is -0.329 e. The molecule has 2 saturated carbocycles. The molecule has 38 heavy (non-hydrogen) atoms. The zero-order valence-corrected chi connectivity index (χ0v) is 27.9. The molecule has 8 heteroatoms. The first-order valence-corrected chi connectivity index (χ1v) is 15.8. The van der Waals surface area contributed by atoms with Crippen LogP contribution in [0.5, 0.6) is 0 Å². The molecule has 0 aromatic heterocycles. The highest BCUT2D eigenvalue weighted by molar-refractivity contribution is 5.86. The highest BCUT2D eigenvalue weighted by atomic mass is 35.5. The van der Waals surface area contributed by atoms with Gasteiger partial charge in [-0.15, -0.1) is 49.6 Å². The van der Waals surface area contributed by atoms with Crippen LogP contribution in [0.1, 0.15) is 141 Å². The van der Waals surface area contributed by atoms with Crippen LogP contribution >= 0.6 is 49.6 Å². The molecule has 2 aliphatic rings. The third-order valence-corrected chi connectivity index (χ3v) is 8.38. The summed E-state index contributed by atoms with van der Waals surface area (Å²) in [5.74, 6) is 0. The minimum atomic E-state index is 0. The standard InChI is InChI=1S/C30H62N4.4ClH/c31-23-26-34(27-24-32-29-19-15-11-7-3-1-4-8-12-16-20-29)28-25-33-30-21-17-13-9-5-2-6-10-14-18-22-30;;;;/h29-30,32-33H,1-28,31H2;4*1H. The molecule has 0 spiro atoms. The lowest BCUT2D eigenvalue weighted by Crippen LogP contribution is -2.43. The molecule has 0 atom stereocenters. The van der Waals surface area contributed by atoms with Gasteiger partial charge < -0.3 is 16.4 Å². The van der Waals surface area contributed by atoms with Crippen molar-refractivity contribution in [1.29, 1.82) is 0 Å². The van der Waals surface area contributed by atoms with Gasteiger partial charge in [-0.2, -0.15) is 0 Å². The van der Waals surface area contributed by atoms with Gasteiger partial charge in [-0.05, 0) is 25.7 Å². The predicted octanol–water partition coefficient (Wildman–Crippen LogP) is 8.46. The van der Waals surface area contributed by atoms with Gasteiger partial charge in [-0.3, -0.25) is 4.90 Å². The summed E-state index contributed by atoms with van der Waals surface area (Å²) in [5.41, 5.74) is 5.97. The van der Waals surface area contributed by atoms with E-state index in [1.54, 1.807) is 0 Å². The summed E-state index contributed by atoms with van der Waals surface area (Å²) in [4.78, 5) is 2.59. The average Bonchev–Trinajstić information content (AvgIpc) is 2.82. The molecule has 0 amide bonds. The highest BCUT2D eigenvalue weighted by Crippen LogP contribution is 2.18. The Bertz CT molecular complexity index is 388. The molecule has 0 radical (unpaired) electrons. The van der Waals surface area contributed by atoms with Gasteiger partial charge in [0.05, 0.1) is 0 Å². The van der Waals surface area contributed by atoms with Crippen molar-refractivity contribution in [2.45, 2.75) is 153 Å². The van der Waals surface area contributed by atoms with E-state index in [9.17, 15) is 0 Å². The molecule has 2 aliphatic carbocycles. The predicted molar refractivity (Wildman–Crippen MR) is 180 cm³/mol.